The zero-order valence-electron chi connectivity index (χ0n) is 11.0. The van der Waals surface area contributed by atoms with Crippen molar-refractivity contribution in [2.75, 3.05) is 13.2 Å². The van der Waals surface area contributed by atoms with E-state index in [0.717, 1.165) is 30.6 Å². The van der Waals surface area contributed by atoms with E-state index in [2.05, 4.69) is 5.32 Å². The molecule has 1 N–H and O–H groups in total. The molecule has 102 valence electrons. The third-order valence-electron chi connectivity index (χ3n) is 3.13. The van der Waals surface area contributed by atoms with Gasteiger partial charge in [-0.3, -0.25) is 4.79 Å². The Labute approximate surface area is 112 Å². The number of rotatable bonds is 3. The Morgan fingerprint density at radius 1 is 1.53 bits per heavy atom. The van der Waals surface area contributed by atoms with Crippen LogP contribution in [0.25, 0.3) is 5.57 Å². The average Bonchev–Trinajstić information content (AvgIpc) is 2.39. The van der Waals surface area contributed by atoms with E-state index in [-0.39, 0.29) is 17.8 Å². The number of amides is 1. The second-order valence-corrected chi connectivity index (χ2v) is 4.76. The number of carbonyl (C=O) groups excluding carboxylic acids is 1. The molecule has 2 rings (SSSR count). The largest absolute Gasteiger partial charge is 0.379 e. The molecule has 1 aliphatic heterocycles. The van der Waals surface area contributed by atoms with Gasteiger partial charge in [0.05, 0.1) is 12.6 Å². The van der Waals surface area contributed by atoms with Crippen molar-refractivity contribution in [2.45, 2.75) is 25.8 Å². The lowest BCUT2D eigenvalue weighted by atomic mass is 10.1. The summed E-state index contributed by atoms with van der Waals surface area (Å²) in [5, 5.41) is 2.90. The molecular weight excluding hydrogens is 245 g/mol. The van der Waals surface area contributed by atoms with Crippen molar-refractivity contribution >= 4 is 11.5 Å². The number of hydrogen-bond donors (Lipinski definition) is 1. The van der Waals surface area contributed by atoms with Crippen LogP contribution >= 0.6 is 0 Å². The van der Waals surface area contributed by atoms with E-state index in [9.17, 15) is 9.18 Å². The number of allylic oxidation sites excluding steroid dienone is 1. The Morgan fingerprint density at radius 2 is 2.37 bits per heavy atom. The summed E-state index contributed by atoms with van der Waals surface area (Å²) in [4.78, 5) is 11.8. The molecule has 1 fully saturated rings. The number of benzene rings is 1. The zero-order valence-corrected chi connectivity index (χ0v) is 11.0. The van der Waals surface area contributed by atoms with Crippen LogP contribution in [0.5, 0.6) is 0 Å². The number of nitrogens with one attached hydrogen (secondary N) is 1. The third kappa shape index (κ3) is 4.17. The first-order valence-electron chi connectivity index (χ1n) is 6.47. The topological polar surface area (TPSA) is 38.3 Å². The normalized spacial score (nSPS) is 20.1. The Morgan fingerprint density at radius 3 is 3.05 bits per heavy atom. The minimum absolute atomic E-state index is 0.0813. The van der Waals surface area contributed by atoms with Crippen LogP contribution in [0, 0.1) is 5.82 Å². The molecule has 0 radical (unpaired) electrons. The molecule has 0 bridgehead atoms. The smallest absolute Gasteiger partial charge is 0.244 e. The van der Waals surface area contributed by atoms with E-state index in [1.54, 1.807) is 19.1 Å². The molecular formula is C15H18FNO2. The summed E-state index contributed by atoms with van der Waals surface area (Å²) in [6.07, 6.45) is 3.42. The average molecular weight is 263 g/mol. The van der Waals surface area contributed by atoms with Gasteiger partial charge in [0.25, 0.3) is 0 Å². The van der Waals surface area contributed by atoms with E-state index in [4.69, 9.17) is 4.74 Å². The third-order valence-corrected chi connectivity index (χ3v) is 3.13. The standard InChI is InChI=1S/C15H18FNO2/c1-11(12-4-2-5-13(16)9-12)8-15(18)17-14-6-3-7-19-10-14/h2,4-5,8-9,14H,3,6-7,10H2,1H3,(H,17,18)/b11-8-/t14-/m1/s1. The first kappa shape index (κ1) is 13.7. The van der Waals surface area contributed by atoms with Crippen molar-refractivity contribution in [2.24, 2.45) is 0 Å². The summed E-state index contributed by atoms with van der Waals surface area (Å²) < 4.78 is 18.4. The van der Waals surface area contributed by atoms with Crippen LogP contribution in [0.2, 0.25) is 0 Å². The Kier molecular flexibility index (Phi) is 4.68. The number of carbonyl (C=O) groups is 1. The van der Waals surface area contributed by atoms with E-state index >= 15 is 0 Å². The molecule has 1 aliphatic rings. The van der Waals surface area contributed by atoms with Gasteiger partial charge in [-0.1, -0.05) is 12.1 Å². The molecule has 0 spiro atoms. The number of halogens is 1. The molecule has 19 heavy (non-hydrogen) atoms. The lowest BCUT2D eigenvalue weighted by molar-refractivity contribution is -0.118. The summed E-state index contributed by atoms with van der Waals surface area (Å²) in [6, 6.07) is 6.30. The van der Waals surface area contributed by atoms with E-state index in [1.165, 1.54) is 18.2 Å². The van der Waals surface area contributed by atoms with Gasteiger partial charge in [-0.15, -0.1) is 0 Å². The summed E-state index contributed by atoms with van der Waals surface area (Å²) in [6.45, 7) is 3.13. The zero-order chi connectivity index (χ0) is 13.7. The highest BCUT2D eigenvalue weighted by atomic mass is 19.1. The Bertz CT molecular complexity index is 479. The van der Waals surface area contributed by atoms with Gasteiger partial charge in [0.1, 0.15) is 5.82 Å². The van der Waals surface area contributed by atoms with Gasteiger partial charge in [-0.2, -0.15) is 0 Å². The van der Waals surface area contributed by atoms with Crippen molar-refractivity contribution in [1.82, 2.24) is 5.32 Å². The molecule has 0 aliphatic carbocycles. The lowest BCUT2D eigenvalue weighted by Gasteiger charge is -2.22. The summed E-state index contributed by atoms with van der Waals surface area (Å²) >= 11 is 0. The fraction of sp³-hybridized carbons (Fsp3) is 0.400. The molecule has 1 aromatic rings. The van der Waals surface area contributed by atoms with Crippen molar-refractivity contribution in [3.63, 3.8) is 0 Å². The van der Waals surface area contributed by atoms with E-state index in [1.807, 2.05) is 0 Å². The van der Waals surface area contributed by atoms with Crippen molar-refractivity contribution < 1.29 is 13.9 Å². The van der Waals surface area contributed by atoms with Crippen LogP contribution in [0.15, 0.2) is 30.3 Å². The highest BCUT2D eigenvalue weighted by molar-refractivity contribution is 5.95. The van der Waals surface area contributed by atoms with Crippen LogP contribution in [-0.4, -0.2) is 25.2 Å². The molecule has 1 heterocycles. The predicted octanol–water partition coefficient (Wildman–Crippen LogP) is 2.52. The highest BCUT2D eigenvalue weighted by Crippen LogP contribution is 2.14. The molecule has 0 unspecified atom stereocenters. The first-order valence-corrected chi connectivity index (χ1v) is 6.47. The monoisotopic (exact) mass is 263 g/mol. The number of hydrogen-bond acceptors (Lipinski definition) is 2. The fourth-order valence-corrected chi connectivity index (χ4v) is 2.11. The summed E-state index contributed by atoms with van der Waals surface area (Å²) in [5.74, 6) is -0.455. The highest BCUT2D eigenvalue weighted by Gasteiger charge is 2.15. The molecule has 0 saturated carbocycles. The van der Waals surface area contributed by atoms with Gasteiger partial charge in [-0.05, 0) is 43.0 Å². The van der Waals surface area contributed by atoms with Gasteiger partial charge in [0, 0.05) is 12.7 Å². The SMILES string of the molecule is C/C(=C/C(=O)N[C@@H]1CCCOC1)c1cccc(F)c1. The van der Waals surface area contributed by atoms with Crippen LogP contribution in [0.3, 0.4) is 0 Å². The molecule has 1 aromatic carbocycles. The van der Waals surface area contributed by atoms with Crippen molar-refractivity contribution in [3.8, 4) is 0 Å². The second kappa shape index (κ2) is 6.48. The molecule has 0 aromatic heterocycles. The minimum Gasteiger partial charge on any atom is -0.379 e. The Hall–Kier alpha value is -1.68. The van der Waals surface area contributed by atoms with E-state index in [0.29, 0.717) is 6.61 Å². The van der Waals surface area contributed by atoms with Gasteiger partial charge in [0.2, 0.25) is 5.91 Å². The van der Waals surface area contributed by atoms with Crippen LogP contribution < -0.4 is 5.32 Å². The number of ether oxygens (including phenoxy) is 1. The van der Waals surface area contributed by atoms with Crippen LogP contribution in [0.4, 0.5) is 4.39 Å². The molecule has 1 saturated heterocycles. The van der Waals surface area contributed by atoms with Gasteiger partial charge < -0.3 is 10.1 Å². The molecule has 3 nitrogen and oxygen atoms in total. The molecule has 1 atom stereocenters. The molecule has 1 amide bonds. The first-order chi connectivity index (χ1) is 9.15. The fourth-order valence-electron chi connectivity index (χ4n) is 2.11. The minimum atomic E-state index is -0.300. The molecule has 4 heteroatoms. The van der Waals surface area contributed by atoms with Crippen molar-refractivity contribution in [1.29, 1.82) is 0 Å². The summed E-state index contributed by atoms with van der Waals surface area (Å²) in [5.41, 5.74) is 1.46. The predicted molar refractivity (Wildman–Crippen MR) is 72.0 cm³/mol. The van der Waals surface area contributed by atoms with Gasteiger partial charge >= 0.3 is 0 Å². The van der Waals surface area contributed by atoms with Crippen LogP contribution in [0.1, 0.15) is 25.3 Å². The summed E-state index contributed by atoms with van der Waals surface area (Å²) in [7, 11) is 0. The maximum Gasteiger partial charge on any atom is 0.244 e. The quantitative estimate of drug-likeness (QED) is 0.851. The Balaban J connectivity index is 1.97. The van der Waals surface area contributed by atoms with Crippen molar-refractivity contribution in [3.05, 3.63) is 41.7 Å². The van der Waals surface area contributed by atoms with Gasteiger partial charge in [-0.25, -0.2) is 4.39 Å². The lowest BCUT2D eigenvalue weighted by Crippen LogP contribution is -2.39. The van der Waals surface area contributed by atoms with E-state index < -0.39 is 0 Å². The maximum atomic E-state index is 13.1. The van der Waals surface area contributed by atoms with Gasteiger partial charge in [0.15, 0.2) is 0 Å². The second-order valence-electron chi connectivity index (χ2n) is 4.76. The van der Waals surface area contributed by atoms with Crippen LogP contribution in [-0.2, 0) is 9.53 Å². The maximum absolute atomic E-state index is 13.1.